The standard InChI is InChI=1S/C18H20/c1-3-5-6-16-9-13-18(14-10-16)17-11-7-15(4-2)8-12-17/h3,5,7-14H,4,6H2,1-2H3/b5-3+. The minimum Gasteiger partial charge on any atom is -0.0913 e. The zero-order chi connectivity index (χ0) is 12.8. The Morgan fingerprint density at radius 2 is 1.28 bits per heavy atom. The Morgan fingerprint density at radius 1 is 0.778 bits per heavy atom. The van der Waals surface area contributed by atoms with Crippen LogP contribution in [0.5, 0.6) is 0 Å². The normalized spacial score (nSPS) is 11.0. The molecule has 0 saturated heterocycles. The second-order valence-electron chi connectivity index (χ2n) is 4.52. The van der Waals surface area contributed by atoms with Crippen molar-refractivity contribution in [3.8, 4) is 11.1 Å². The quantitative estimate of drug-likeness (QED) is 0.653. The third-order valence-electron chi connectivity index (χ3n) is 3.24. The highest BCUT2D eigenvalue weighted by Crippen LogP contribution is 2.20. The number of aryl methyl sites for hydroxylation is 1. The van der Waals surface area contributed by atoms with Crippen LogP contribution in [0.15, 0.2) is 60.7 Å². The van der Waals surface area contributed by atoms with Crippen molar-refractivity contribution in [2.24, 2.45) is 0 Å². The fraction of sp³-hybridized carbons (Fsp3) is 0.222. The van der Waals surface area contributed by atoms with Gasteiger partial charge in [-0.3, -0.25) is 0 Å². The second-order valence-corrected chi connectivity index (χ2v) is 4.52. The van der Waals surface area contributed by atoms with E-state index in [1.54, 1.807) is 0 Å². The monoisotopic (exact) mass is 236 g/mol. The zero-order valence-corrected chi connectivity index (χ0v) is 11.2. The molecule has 0 fully saturated rings. The van der Waals surface area contributed by atoms with Crippen LogP contribution in [0.2, 0.25) is 0 Å². The molecule has 0 atom stereocenters. The van der Waals surface area contributed by atoms with Crippen LogP contribution in [-0.2, 0) is 12.8 Å². The van der Waals surface area contributed by atoms with E-state index in [0.29, 0.717) is 0 Å². The van der Waals surface area contributed by atoms with Gasteiger partial charge in [-0.15, -0.1) is 0 Å². The summed E-state index contributed by atoms with van der Waals surface area (Å²) in [4.78, 5) is 0. The van der Waals surface area contributed by atoms with Crippen molar-refractivity contribution in [3.63, 3.8) is 0 Å². The minimum absolute atomic E-state index is 1.02. The highest BCUT2D eigenvalue weighted by molar-refractivity contribution is 5.64. The van der Waals surface area contributed by atoms with Gasteiger partial charge in [-0.1, -0.05) is 67.6 Å². The van der Waals surface area contributed by atoms with Gasteiger partial charge in [-0.2, -0.15) is 0 Å². The maximum absolute atomic E-state index is 2.21. The summed E-state index contributed by atoms with van der Waals surface area (Å²) in [6.45, 7) is 4.24. The van der Waals surface area contributed by atoms with E-state index in [9.17, 15) is 0 Å². The third kappa shape index (κ3) is 3.10. The van der Waals surface area contributed by atoms with Crippen molar-refractivity contribution in [1.29, 1.82) is 0 Å². The summed E-state index contributed by atoms with van der Waals surface area (Å²) in [5, 5.41) is 0. The Kier molecular flexibility index (Phi) is 4.35. The van der Waals surface area contributed by atoms with Crippen molar-refractivity contribution >= 4 is 0 Å². The fourth-order valence-electron chi connectivity index (χ4n) is 2.02. The topological polar surface area (TPSA) is 0 Å². The average molecular weight is 236 g/mol. The summed E-state index contributed by atoms with van der Waals surface area (Å²) in [5.74, 6) is 0. The van der Waals surface area contributed by atoms with Gasteiger partial charge < -0.3 is 0 Å². The van der Waals surface area contributed by atoms with Gasteiger partial charge in [0.2, 0.25) is 0 Å². The summed E-state index contributed by atoms with van der Waals surface area (Å²) in [7, 11) is 0. The molecular formula is C18H20. The molecule has 2 rings (SSSR count). The number of allylic oxidation sites excluding steroid dienone is 2. The van der Waals surface area contributed by atoms with Gasteiger partial charge in [-0.05, 0) is 42.0 Å². The maximum Gasteiger partial charge on any atom is -0.00976 e. The Labute approximate surface area is 110 Å². The molecule has 0 aliphatic heterocycles. The summed E-state index contributed by atoms with van der Waals surface area (Å²) in [5.41, 5.74) is 5.34. The molecule has 0 spiro atoms. The lowest BCUT2D eigenvalue weighted by atomic mass is 10.0. The molecule has 0 aromatic heterocycles. The molecular weight excluding hydrogens is 216 g/mol. The van der Waals surface area contributed by atoms with Crippen LogP contribution in [0.1, 0.15) is 25.0 Å². The summed E-state index contributed by atoms with van der Waals surface area (Å²) in [6, 6.07) is 17.7. The second kappa shape index (κ2) is 6.20. The first kappa shape index (κ1) is 12.6. The van der Waals surface area contributed by atoms with Crippen molar-refractivity contribution in [3.05, 3.63) is 71.8 Å². The SMILES string of the molecule is C/C=C/Cc1ccc(-c2ccc(CC)cc2)cc1. The van der Waals surface area contributed by atoms with Gasteiger partial charge in [0.05, 0.1) is 0 Å². The molecule has 0 heterocycles. The molecule has 2 aromatic rings. The van der Waals surface area contributed by atoms with Crippen LogP contribution in [0.25, 0.3) is 11.1 Å². The molecule has 0 amide bonds. The molecule has 0 bridgehead atoms. The van der Waals surface area contributed by atoms with Crippen LogP contribution in [-0.4, -0.2) is 0 Å². The van der Waals surface area contributed by atoms with Gasteiger partial charge in [0, 0.05) is 0 Å². The number of hydrogen-bond acceptors (Lipinski definition) is 0. The molecule has 18 heavy (non-hydrogen) atoms. The minimum atomic E-state index is 1.02. The first-order valence-electron chi connectivity index (χ1n) is 6.63. The molecule has 0 N–H and O–H groups in total. The molecule has 0 unspecified atom stereocenters. The Bertz CT molecular complexity index is 501. The molecule has 2 aromatic carbocycles. The third-order valence-corrected chi connectivity index (χ3v) is 3.24. The molecule has 0 nitrogen and oxygen atoms in total. The first-order chi connectivity index (χ1) is 8.83. The highest BCUT2D eigenvalue weighted by Gasteiger charge is 1.98. The van der Waals surface area contributed by atoms with Crippen molar-refractivity contribution in [1.82, 2.24) is 0 Å². The van der Waals surface area contributed by atoms with Gasteiger partial charge in [0.15, 0.2) is 0 Å². The fourth-order valence-corrected chi connectivity index (χ4v) is 2.02. The van der Waals surface area contributed by atoms with Crippen molar-refractivity contribution in [2.75, 3.05) is 0 Å². The van der Waals surface area contributed by atoms with E-state index in [1.165, 1.54) is 22.3 Å². The lowest BCUT2D eigenvalue weighted by Gasteiger charge is -2.04. The van der Waals surface area contributed by atoms with Crippen LogP contribution >= 0.6 is 0 Å². The molecule has 0 radical (unpaired) electrons. The van der Waals surface area contributed by atoms with Crippen molar-refractivity contribution < 1.29 is 0 Å². The largest absolute Gasteiger partial charge is 0.0913 e. The highest BCUT2D eigenvalue weighted by atomic mass is 14.0. The maximum atomic E-state index is 2.21. The van der Waals surface area contributed by atoms with Crippen LogP contribution in [0, 0.1) is 0 Å². The molecule has 92 valence electrons. The predicted octanol–water partition coefficient (Wildman–Crippen LogP) is 5.03. The molecule has 0 aliphatic rings. The lowest BCUT2D eigenvalue weighted by Crippen LogP contribution is -1.84. The van der Waals surface area contributed by atoms with E-state index >= 15 is 0 Å². The molecule has 0 saturated carbocycles. The van der Waals surface area contributed by atoms with E-state index in [2.05, 4.69) is 74.5 Å². The average Bonchev–Trinajstić information content (AvgIpc) is 2.46. The van der Waals surface area contributed by atoms with E-state index in [1.807, 2.05) is 0 Å². The predicted molar refractivity (Wildman–Crippen MR) is 79.8 cm³/mol. The first-order valence-corrected chi connectivity index (χ1v) is 6.63. The summed E-state index contributed by atoms with van der Waals surface area (Å²) in [6.07, 6.45) is 6.40. The number of rotatable bonds is 4. The van der Waals surface area contributed by atoms with Gasteiger partial charge in [0.1, 0.15) is 0 Å². The Balaban J connectivity index is 2.17. The van der Waals surface area contributed by atoms with E-state index in [0.717, 1.165) is 12.8 Å². The number of benzene rings is 2. The Hall–Kier alpha value is -1.82. The van der Waals surface area contributed by atoms with Gasteiger partial charge >= 0.3 is 0 Å². The lowest BCUT2D eigenvalue weighted by molar-refractivity contribution is 1.14. The smallest absolute Gasteiger partial charge is 0.00976 e. The zero-order valence-electron chi connectivity index (χ0n) is 11.2. The van der Waals surface area contributed by atoms with Crippen LogP contribution in [0.4, 0.5) is 0 Å². The Morgan fingerprint density at radius 3 is 1.72 bits per heavy atom. The van der Waals surface area contributed by atoms with Crippen LogP contribution in [0.3, 0.4) is 0 Å². The summed E-state index contributed by atoms with van der Waals surface area (Å²) >= 11 is 0. The summed E-state index contributed by atoms with van der Waals surface area (Å²) < 4.78 is 0. The van der Waals surface area contributed by atoms with E-state index in [4.69, 9.17) is 0 Å². The van der Waals surface area contributed by atoms with Crippen molar-refractivity contribution in [2.45, 2.75) is 26.7 Å². The molecule has 0 aliphatic carbocycles. The van der Waals surface area contributed by atoms with Gasteiger partial charge in [0.25, 0.3) is 0 Å². The van der Waals surface area contributed by atoms with E-state index in [-0.39, 0.29) is 0 Å². The van der Waals surface area contributed by atoms with Crippen LogP contribution < -0.4 is 0 Å². The molecule has 0 heteroatoms. The van der Waals surface area contributed by atoms with E-state index < -0.39 is 0 Å². The van der Waals surface area contributed by atoms with Gasteiger partial charge in [-0.25, -0.2) is 0 Å². The number of hydrogen-bond donors (Lipinski definition) is 0.